The van der Waals surface area contributed by atoms with Crippen LogP contribution < -0.4 is 16.0 Å². The van der Waals surface area contributed by atoms with Gasteiger partial charge in [0.25, 0.3) is 0 Å². The molecule has 0 radical (unpaired) electrons. The molecule has 54 heavy (non-hydrogen) atoms. The van der Waals surface area contributed by atoms with Crippen LogP contribution in [-0.2, 0) is 56.9 Å². The third-order valence-electron chi connectivity index (χ3n) is 7.62. The molecule has 0 atom stereocenters. The standard InChI is InChI=1S/C35H64N4O15/c1-30-7-12-39(13-8-30)31(40)6-5-14-47-18-19-48-26-35(27-49-20-23-52-32(41)36-9-15-44-2,28-50-21-24-53-33(42)37-10-16-45-3)29-51-22-25-54-34(43)38-11-17-46-4/h1,5-29H2,2-4H3,(H,36,41)(H,37,42)(H,38,43). The number of hydrogen-bond acceptors (Lipinski definition) is 15. The molecule has 19 heteroatoms. The number of amides is 4. The van der Waals surface area contributed by atoms with Crippen molar-refractivity contribution in [2.24, 2.45) is 5.41 Å². The van der Waals surface area contributed by atoms with Crippen molar-refractivity contribution in [3.63, 3.8) is 0 Å². The van der Waals surface area contributed by atoms with Crippen molar-refractivity contribution in [3.8, 4) is 0 Å². The summed E-state index contributed by atoms with van der Waals surface area (Å²) in [5, 5.41) is 7.68. The second-order valence-corrected chi connectivity index (χ2v) is 12.2. The Hall–Kier alpha value is -3.30. The van der Waals surface area contributed by atoms with E-state index >= 15 is 0 Å². The molecular weight excluding hydrogens is 716 g/mol. The van der Waals surface area contributed by atoms with E-state index in [1.54, 1.807) is 0 Å². The van der Waals surface area contributed by atoms with E-state index in [1.165, 1.54) is 26.9 Å². The van der Waals surface area contributed by atoms with Gasteiger partial charge in [-0.3, -0.25) is 4.79 Å². The number of likely N-dealkylation sites (tertiary alicyclic amines) is 1. The summed E-state index contributed by atoms with van der Waals surface area (Å²) in [6.07, 6.45) is 0.912. The average Bonchev–Trinajstić information content (AvgIpc) is 3.16. The maximum Gasteiger partial charge on any atom is 0.407 e. The summed E-state index contributed by atoms with van der Waals surface area (Å²) in [6.45, 7) is 8.85. The van der Waals surface area contributed by atoms with Crippen molar-refractivity contribution in [2.75, 3.05) is 160 Å². The van der Waals surface area contributed by atoms with E-state index in [0.717, 1.165) is 25.9 Å². The number of methoxy groups -OCH3 is 3. The molecule has 314 valence electrons. The molecule has 1 aliphatic rings. The number of nitrogens with one attached hydrogen (secondary N) is 3. The first-order valence-electron chi connectivity index (χ1n) is 18.3. The lowest BCUT2D eigenvalue weighted by molar-refractivity contribution is -0.132. The predicted molar refractivity (Wildman–Crippen MR) is 194 cm³/mol. The van der Waals surface area contributed by atoms with E-state index in [0.29, 0.717) is 65.5 Å². The van der Waals surface area contributed by atoms with Crippen LogP contribution in [0.5, 0.6) is 0 Å². The number of piperidine rings is 1. The van der Waals surface area contributed by atoms with Gasteiger partial charge in [0.05, 0.1) is 84.7 Å². The van der Waals surface area contributed by atoms with Gasteiger partial charge in [-0.2, -0.15) is 0 Å². The molecule has 1 saturated heterocycles. The van der Waals surface area contributed by atoms with Crippen molar-refractivity contribution in [3.05, 3.63) is 12.2 Å². The Morgan fingerprint density at radius 2 is 0.926 bits per heavy atom. The Balaban J connectivity index is 2.71. The summed E-state index contributed by atoms with van der Waals surface area (Å²) >= 11 is 0. The molecular formula is C35H64N4O15. The Bertz CT molecular complexity index is 934. The normalized spacial score (nSPS) is 13.0. The van der Waals surface area contributed by atoms with Crippen LogP contribution in [0.3, 0.4) is 0 Å². The van der Waals surface area contributed by atoms with Crippen LogP contribution in [0.25, 0.3) is 0 Å². The predicted octanol–water partition coefficient (Wildman–Crippen LogP) is 1.13. The van der Waals surface area contributed by atoms with E-state index in [9.17, 15) is 19.2 Å². The van der Waals surface area contributed by atoms with Gasteiger partial charge in [-0.05, 0) is 19.3 Å². The van der Waals surface area contributed by atoms with Gasteiger partial charge < -0.3 is 73.0 Å². The van der Waals surface area contributed by atoms with Crippen molar-refractivity contribution in [2.45, 2.75) is 25.7 Å². The van der Waals surface area contributed by atoms with Gasteiger partial charge in [-0.15, -0.1) is 0 Å². The number of hydrogen-bond donors (Lipinski definition) is 3. The molecule has 1 fully saturated rings. The first-order chi connectivity index (χ1) is 26.2. The molecule has 0 saturated carbocycles. The zero-order valence-corrected chi connectivity index (χ0v) is 32.5. The number of nitrogens with zero attached hydrogens (tertiary/aromatic N) is 1. The lowest BCUT2D eigenvalue weighted by Gasteiger charge is -2.33. The minimum Gasteiger partial charge on any atom is -0.447 e. The van der Waals surface area contributed by atoms with E-state index in [2.05, 4.69) is 22.5 Å². The lowest BCUT2D eigenvalue weighted by Crippen LogP contribution is -2.43. The summed E-state index contributed by atoms with van der Waals surface area (Å²) in [6, 6.07) is 0. The quantitative estimate of drug-likeness (QED) is 0.0485. The second kappa shape index (κ2) is 33.1. The summed E-state index contributed by atoms with van der Waals surface area (Å²) in [4.78, 5) is 50.0. The van der Waals surface area contributed by atoms with Crippen LogP contribution in [-0.4, -0.2) is 189 Å². The van der Waals surface area contributed by atoms with Gasteiger partial charge in [0.1, 0.15) is 19.8 Å². The zero-order chi connectivity index (χ0) is 39.5. The van der Waals surface area contributed by atoms with Crippen LogP contribution in [0.15, 0.2) is 12.2 Å². The summed E-state index contributed by atoms with van der Waals surface area (Å²) < 4.78 is 59.6. The van der Waals surface area contributed by atoms with Gasteiger partial charge in [0.2, 0.25) is 5.91 Å². The van der Waals surface area contributed by atoms with Gasteiger partial charge in [-0.25, -0.2) is 14.4 Å². The highest BCUT2D eigenvalue weighted by molar-refractivity contribution is 5.76. The molecule has 3 N–H and O–H groups in total. The number of ether oxygens (including phenoxy) is 11. The van der Waals surface area contributed by atoms with Crippen molar-refractivity contribution < 1.29 is 71.3 Å². The maximum atomic E-state index is 12.5. The smallest absolute Gasteiger partial charge is 0.407 e. The number of carbonyl (C=O) groups excluding carboxylic acids is 4. The average molecular weight is 781 g/mol. The largest absolute Gasteiger partial charge is 0.447 e. The van der Waals surface area contributed by atoms with Crippen LogP contribution in [0, 0.1) is 5.41 Å². The van der Waals surface area contributed by atoms with Crippen LogP contribution in [0.1, 0.15) is 25.7 Å². The van der Waals surface area contributed by atoms with Crippen LogP contribution >= 0.6 is 0 Å². The molecule has 0 aromatic rings. The third-order valence-corrected chi connectivity index (χ3v) is 7.62. The fraction of sp³-hybridized carbons (Fsp3) is 0.829. The topological polar surface area (TPSA) is 209 Å². The van der Waals surface area contributed by atoms with E-state index in [-0.39, 0.29) is 78.6 Å². The van der Waals surface area contributed by atoms with Gasteiger partial charge in [0.15, 0.2) is 0 Å². The highest BCUT2D eigenvalue weighted by Gasteiger charge is 2.33. The minimum atomic E-state index is -0.881. The first kappa shape index (κ1) is 48.7. The molecule has 19 nitrogen and oxygen atoms in total. The Labute approximate surface area is 319 Å². The van der Waals surface area contributed by atoms with E-state index in [1.807, 2.05) is 4.90 Å². The Morgan fingerprint density at radius 1 is 0.556 bits per heavy atom. The molecule has 0 spiro atoms. The van der Waals surface area contributed by atoms with Crippen LogP contribution in [0.4, 0.5) is 14.4 Å². The molecule has 1 rings (SSSR count). The van der Waals surface area contributed by atoms with Gasteiger partial charge in [-0.1, -0.05) is 12.2 Å². The highest BCUT2D eigenvalue weighted by Crippen LogP contribution is 2.21. The maximum absolute atomic E-state index is 12.5. The minimum absolute atomic E-state index is 0.0150. The van der Waals surface area contributed by atoms with E-state index < -0.39 is 23.7 Å². The van der Waals surface area contributed by atoms with Crippen molar-refractivity contribution in [1.82, 2.24) is 20.9 Å². The highest BCUT2D eigenvalue weighted by atomic mass is 16.6. The third kappa shape index (κ3) is 26.5. The molecule has 0 aliphatic carbocycles. The number of carbonyl (C=O) groups is 4. The summed E-state index contributed by atoms with van der Waals surface area (Å²) in [5.74, 6) is 0.124. The number of alkyl carbamates (subject to hydrolysis) is 3. The molecule has 1 aliphatic heterocycles. The molecule has 0 aromatic carbocycles. The Kier molecular flexibility index (Phi) is 29.8. The SMILES string of the molecule is C=C1CCN(C(=O)CCCOCCOCC(COCCOC(=O)NCCOC)(COCCOC(=O)NCCOC)COCCOC(=O)NCCOC)CC1. The molecule has 0 bridgehead atoms. The summed E-state index contributed by atoms with van der Waals surface area (Å²) in [7, 11) is 4.58. The van der Waals surface area contributed by atoms with Crippen LogP contribution in [0.2, 0.25) is 0 Å². The number of rotatable bonds is 33. The second-order valence-electron chi connectivity index (χ2n) is 12.2. The fourth-order valence-corrected chi connectivity index (χ4v) is 4.68. The fourth-order valence-electron chi connectivity index (χ4n) is 4.68. The zero-order valence-electron chi connectivity index (χ0n) is 32.5. The Morgan fingerprint density at radius 3 is 1.31 bits per heavy atom. The first-order valence-corrected chi connectivity index (χ1v) is 18.3. The van der Waals surface area contributed by atoms with Gasteiger partial charge in [0, 0.05) is 67.1 Å². The molecule has 4 amide bonds. The molecule has 1 heterocycles. The lowest BCUT2D eigenvalue weighted by atomic mass is 9.92. The van der Waals surface area contributed by atoms with E-state index in [4.69, 9.17) is 52.1 Å². The van der Waals surface area contributed by atoms with Crippen molar-refractivity contribution in [1.29, 1.82) is 0 Å². The van der Waals surface area contributed by atoms with Gasteiger partial charge >= 0.3 is 18.3 Å². The molecule has 0 aromatic heterocycles. The molecule has 0 unspecified atom stereocenters. The monoisotopic (exact) mass is 780 g/mol. The van der Waals surface area contributed by atoms with Crippen molar-refractivity contribution >= 4 is 24.2 Å². The summed E-state index contributed by atoms with van der Waals surface area (Å²) in [5.41, 5.74) is 0.303.